The highest BCUT2D eigenvalue weighted by Gasteiger charge is 2.18. The molecule has 94 valence electrons. The summed E-state index contributed by atoms with van der Waals surface area (Å²) in [5.74, 6) is -0.255. The number of hydrogen-bond acceptors (Lipinski definition) is 3. The van der Waals surface area contributed by atoms with Crippen LogP contribution < -0.4 is 0 Å². The quantitative estimate of drug-likeness (QED) is 0.870. The minimum atomic E-state index is -0.922. The Kier molecular flexibility index (Phi) is 3.06. The van der Waals surface area contributed by atoms with Crippen molar-refractivity contribution in [3.63, 3.8) is 0 Å². The lowest BCUT2D eigenvalue weighted by Gasteiger charge is -2.12. The number of nitrogens with zero attached hydrogens (tertiary/aromatic N) is 2. The van der Waals surface area contributed by atoms with Crippen LogP contribution in [0.25, 0.3) is 11.4 Å². The summed E-state index contributed by atoms with van der Waals surface area (Å²) in [5, 5.41) is 18.5. The Balaban J connectivity index is 2.54. The third-order valence-electron chi connectivity index (χ3n) is 2.73. The van der Waals surface area contributed by atoms with Crippen molar-refractivity contribution in [2.75, 3.05) is 0 Å². The molecule has 0 aliphatic heterocycles. The molecule has 0 aliphatic rings. The van der Waals surface area contributed by atoms with Gasteiger partial charge in [0, 0.05) is 11.8 Å². The molecule has 2 rings (SSSR count). The Hall–Kier alpha value is -2.30. The van der Waals surface area contributed by atoms with Crippen molar-refractivity contribution in [2.45, 2.75) is 19.9 Å². The van der Waals surface area contributed by atoms with E-state index < -0.39 is 12.0 Å². The Labute approximate surface area is 104 Å². The highest BCUT2D eigenvalue weighted by molar-refractivity contribution is 5.73. The number of aliphatic carboxylic acids is 1. The average Bonchev–Trinajstić information content (AvgIpc) is 2.70. The fourth-order valence-corrected chi connectivity index (χ4v) is 1.79. The summed E-state index contributed by atoms with van der Waals surface area (Å²) in [6.45, 7) is 3.40. The molecule has 0 saturated heterocycles. The standard InChI is InChI=1S/C13H14N2O3/c1-8-7-15(9(2)13(17)18)12(14-8)10-4-3-5-11(16)6-10/h3-7,9,16H,1-2H3,(H,17,18). The lowest BCUT2D eigenvalue weighted by atomic mass is 10.2. The lowest BCUT2D eigenvalue weighted by molar-refractivity contribution is -0.140. The van der Waals surface area contributed by atoms with Crippen LogP contribution >= 0.6 is 0 Å². The normalized spacial score (nSPS) is 12.3. The molecule has 0 fully saturated rings. The van der Waals surface area contributed by atoms with Gasteiger partial charge in [0.1, 0.15) is 17.6 Å². The predicted octanol–water partition coefficient (Wildman–Crippen LogP) is 2.21. The van der Waals surface area contributed by atoms with Crippen LogP contribution in [0.2, 0.25) is 0 Å². The molecule has 5 nitrogen and oxygen atoms in total. The zero-order valence-electron chi connectivity index (χ0n) is 10.2. The van der Waals surface area contributed by atoms with Crippen LogP contribution in [-0.4, -0.2) is 25.7 Å². The van der Waals surface area contributed by atoms with E-state index in [-0.39, 0.29) is 5.75 Å². The van der Waals surface area contributed by atoms with E-state index in [1.54, 1.807) is 48.9 Å². The van der Waals surface area contributed by atoms with Crippen LogP contribution in [0.3, 0.4) is 0 Å². The lowest BCUT2D eigenvalue weighted by Crippen LogP contribution is -2.15. The van der Waals surface area contributed by atoms with Gasteiger partial charge in [-0.3, -0.25) is 0 Å². The molecule has 18 heavy (non-hydrogen) atoms. The minimum absolute atomic E-state index is 0.127. The molecule has 0 aliphatic carbocycles. The molecular formula is C13H14N2O3. The van der Waals surface area contributed by atoms with Gasteiger partial charge in [0.25, 0.3) is 0 Å². The van der Waals surface area contributed by atoms with Gasteiger partial charge in [-0.1, -0.05) is 12.1 Å². The summed E-state index contributed by atoms with van der Waals surface area (Å²) < 4.78 is 1.59. The van der Waals surface area contributed by atoms with Gasteiger partial charge in [-0.15, -0.1) is 0 Å². The number of rotatable bonds is 3. The molecule has 0 bridgehead atoms. The van der Waals surface area contributed by atoms with Crippen molar-refractivity contribution in [1.82, 2.24) is 9.55 Å². The van der Waals surface area contributed by atoms with E-state index >= 15 is 0 Å². The second-order valence-corrected chi connectivity index (χ2v) is 4.18. The van der Waals surface area contributed by atoms with E-state index in [1.165, 1.54) is 0 Å². The average molecular weight is 246 g/mol. The maximum Gasteiger partial charge on any atom is 0.326 e. The van der Waals surface area contributed by atoms with Gasteiger partial charge in [0.15, 0.2) is 0 Å². The second kappa shape index (κ2) is 4.52. The van der Waals surface area contributed by atoms with Gasteiger partial charge in [-0.2, -0.15) is 0 Å². The first-order chi connectivity index (χ1) is 8.49. The number of carboxylic acid groups (broad SMARTS) is 1. The summed E-state index contributed by atoms with van der Waals surface area (Å²) in [6.07, 6.45) is 1.69. The largest absolute Gasteiger partial charge is 0.508 e. The van der Waals surface area contributed by atoms with Crippen LogP contribution in [-0.2, 0) is 4.79 Å². The van der Waals surface area contributed by atoms with Crippen LogP contribution in [0, 0.1) is 6.92 Å². The molecule has 2 N–H and O–H groups in total. The number of phenolic OH excluding ortho intramolecular Hbond substituents is 1. The number of imidazole rings is 1. The highest BCUT2D eigenvalue weighted by atomic mass is 16.4. The number of aryl methyl sites for hydroxylation is 1. The van der Waals surface area contributed by atoms with Gasteiger partial charge in [-0.05, 0) is 26.0 Å². The Morgan fingerprint density at radius 3 is 2.78 bits per heavy atom. The number of aromatic hydroxyl groups is 1. The van der Waals surface area contributed by atoms with E-state index in [2.05, 4.69) is 4.98 Å². The fourth-order valence-electron chi connectivity index (χ4n) is 1.79. The summed E-state index contributed by atoms with van der Waals surface area (Å²) in [6, 6.07) is 5.90. The number of phenols is 1. The van der Waals surface area contributed by atoms with Gasteiger partial charge in [0.2, 0.25) is 0 Å². The van der Waals surface area contributed by atoms with Crippen LogP contribution in [0.15, 0.2) is 30.5 Å². The third kappa shape index (κ3) is 2.20. The first-order valence-corrected chi connectivity index (χ1v) is 5.56. The highest BCUT2D eigenvalue weighted by Crippen LogP contribution is 2.25. The van der Waals surface area contributed by atoms with Gasteiger partial charge < -0.3 is 14.8 Å². The first-order valence-electron chi connectivity index (χ1n) is 5.56. The molecule has 1 unspecified atom stereocenters. The molecule has 1 aromatic heterocycles. The molecular weight excluding hydrogens is 232 g/mol. The van der Waals surface area contributed by atoms with Crippen molar-refractivity contribution in [3.05, 3.63) is 36.2 Å². The molecule has 0 radical (unpaired) electrons. The van der Waals surface area contributed by atoms with Gasteiger partial charge in [0.05, 0.1) is 5.69 Å². The molecule has 1 aromatic carbocycles. The van der Waals surface area contributed by atoms with Gasteiger partial charge >= 0.3 is 5.97 Å². The first kappa shape index (κ1) is 12.2. The summed E-state index contributed by atoms with van der Waals surface area (Å²) in [7, 11) is 0. The van der Waals surface area contributed by atoms with E-state index in [1.807, 2.05) is 0 Å². The molecule has 1 atom stereocenters. The van der Waals surface area contributed by atoms with E-state index in [0.29, 0.717) is 11.4 Å². The summed E-state index contributed by atoms with van der Waals surface area (Å²) in [4.78, 5) is 15.4. The van der Waals surface area contributed by atoms with E-state index in [9.17, 15) is 9.90 Å². The smallest absolute Gasteiger partial charge is 0.326 e. The number of carbonyl (C=O) groups is 1. The second-order valence-electron chi connectivity index (χ2n) is 4.18. The molecule has 1 heterocycles. The molecule has 0 spiro atoms. The third-order valence-corrected chi connectivity index (χ3v) is 2.73. The Morgan fingerprint density at radius 2 is 2.17 bits per heavy atom. The zero-order valence-corrected chi connectivity index (χ0v) is 10.2. The number of hydrogen-bond donors (Lipinski definition) is 2. The van der Waals surface area contributed by atoms with Crippen molar-refractivity contribution >= 4 is 5.97 Å². The fraction of sp³-hybridized carbons (Fsp3) is 0.231. The van der Waals surface area contributed by atoms with Gasteiger partial charge in [-0.25, -0.2) is 9.78 Å². The zero-order chi connectivity index (χ0) is 13.3. The summed E-state index contributed by atoms with van der Waals surface area (Å²) >= 11 is 0. The SMILES string of the molecule is Cc1cn(C(C)C(=O)O)c(-c2cccc(O)c2)n1. The Bertz CT molecular complexity index is 590. The Morgan fingerprint density at radius 1 is 1.44 bits per heavy atom. The van der Waals surface area contributed by atoms with Crippen LogP contribution in [0.5, 0.6) is 5.75 Å². The van der Waals surface area contributed by atoms with Crippen LogP contribution in [0.1, 0.15) is 18.7 Å². The van der Waals surface area contributed by atoms with E-state index in [0.717, 1.165) is 5.69 Å². The van der Waals surface area contributed by atoms with Crippen molar-refractivity contribution < 1.29 is 15.0 Å². The van der Waals surface area contributed by atoms with Crippen molar-refractivity contribution in [3.8, 4) is 17.1 Å². The number of benzene rings is 1. The van der Waals surface area contributed by atoms with Crippen molar-refractivity contribution in [1.29, 1.82) is 0 Å². The number of carboxylic acids is 1. The predicted molar refractivity (Wildman–Crippen MR) is 66.4 cm³/mol. The molecule has 0 amide bonds. The van der Waals surface area contributed by atoms with Crippen molar-refractivity contribution in [2.24, 2.45) is 0 Å². The number of aromatic nitrogens is 2. The monoisotopic (exact) mass is 246 g/mol. The molecule has 5 heteroatoms. The maximum atomic E-state index is 11.1. The topological polar surface area (TPSA) is 75.4 Å². The minimum Gasteiger partial charge on any atom is -0.508 e. The maximum absolute atomic E-state index is 11.1. The summed E-state index contributed by atoms with van der Waals surface area (Å²) in [5.41, 5.74) is 1.43. The van der Waals surface area contributed by atoms with E-state index in [4.69, 9.17) is 5.11 Å². The van der Waals surface area contributed by atoms with Crippen LogP contribution in [0.4, 0.5) is 0 Å². The molecule has 2 aromatic rings. The molecule has 0 saturated carbocycles.